The number of nitrogens with one attached hydrogen (secondary N) is 2. The van der Waals surface area contributed by atoms with Gasteiger partial charge in [-0.05, 0) is 72.3 Å². The van der Waals surface area contributed by atoms with E-state index >= 15 is 0 Å². The van der Waals surface area contributed by atoms with Gasteiger partial charge in [-0.2, -0.15) is 0 Å². The molecular formula is C32H24N6O8SZn. The molecule has 0 fully saturated rings. The van der Waals surface area contributed by atoms with Crippen LogP contribution in [0.3, 0.4) is 0 Å². The van der Waals surface area contributed by atoms with Crippen molar-refractivity contribution in [1.29, 1.82) is 0 Å². The van der Waals surface area contributed by atoms with Gasteiger partial charge in [0.2, 0.25) is 0 Å². The number of carbonyl (C=O) groups is 2. The quantitative estimate of drug-likeness (QED) is 0.172. The molecule has 3 aromatic carbocycles. The number of rotatable bonds is 5. The second kappa shape index (κ2) is 16.2. The monoisotopic (exact) mass is 716 g/mol. The maximum absolute atomic E-state index is 10.6. The summed E-state index contributed by atoms with van der Waals surface area (Å²) >= 11 is 0. The van der Waals surface area contributed by atoms with Crippen LogP contribution in [0.15, 0.2) is 120 Å². The third-order valence-corrected chi connectivity index (χ3v) is 7.08. The number of carboxylic acids is 2. The van der Waals surface area contributed by atoms with Crippen LogP contribution < -0.4 is 5.11 Å². The van der Waals surface area contributed by atoms with Crippen molar-refractivity contribution in [2.75, 3.05) is 0 Å². The number of carboxylic acid groups (broad SMARTS) is 2. The summed E-state index contributed by atoms with van der Waals surface area (Å²) in [4.78, 5) is 44.0. The molecule has 0 aliphatic carbocycles. The maximum Gasteiger partial charge on any atom is 2.00 e. The van der Waals surface area contributed by atoms with E-state index in [0.717, 1.165) is 45.1 Å². The van der Waals surface area contributed by atoms with Crippen molar-refractivity contribution in [2.45, 2.75) is 4.90 Å². The fraction of sp³-hybridized carbons (Fsp3) is 0. The van der Waals surface area contributed by atoms with Gasteiger partial charge in [0.05, 0.1) is 38.5 Å². The zero-order valence-corrected chi connectivity index (χ0v) is 28.6. The first-order chi connectivity index (χ1) is 22.1. The Labute approximate surface area is 285 Å². The van der Waals surface area contributed by atoms with Crippen LogP contribution in [-0.2, 0) is 29.6 Å². The summed E-state index contributed by atoms with van der Waals surface area (Å²) in [6.07, 6.45) is 3.53. The average Bonchev–Trinajstić information content (AvgIpc) is 3.71. The number of hydrogen-bond donors (Lipinski definition) is 3. The van der Waals surface area contributed by atoms with Crippen LogP contribution in [-0.4, -0.2) is 65.4 Å². The van der Waals surface area contributed by atoms with Gasteiger partial charge in [0, 0.05) is 12.4 Å². The Balaban J connectivity index is 0.000000191. The Morgan fingerprint density at radius 2 is 1.10 bits per heavy atom. The van der Waals surface area contributed by atoms with Gasteiger partial charge in [-0.25, -0.2) is 23.2 Å². The summed E-state index contributed by atoms with van der Waals surface area (Å²) in [7, 11) is -4.92. The van der Waals surface area contributed by atoms with E-state index in [9.17, 15) is 27.7 Å². The molecule has 0 spiro atoms. The number of aromatic amines is 2. The molecule has 0 saturated carbocycles. The van der Waals surface area contributed by atoms with Gasteiger partial charge in [0.15, 0.2) is 11.6 Å². The number of aromatic carboxylic acids is 2. The van der Waals surface area contributed by atoms with Crippen LogP contribution in [0.25, 0.3) is 45.1 Å². The standard InChI is InChI=1S/2C12H9N3.C8H6O7S.H2O.Zn/c2*1-2-6-10-9(5-1)14-12(15-10)11-7-3-4-8-13-11;9-7(10)4-1-5(8(11)12)3-6(2-4)16(13,14)15;;/h2*1-8H,(H,14,15);1-3H,(H,9,10)(H,11,12)(H,13,14,15);1H2;/q;;;;+2/p-2. The smallest absolute Gasteiger partial charge is 0.744 e. The summed E-state index contributed by atoms with van der Waals surface area (Å²) in [5, 5.41) is 19.0. The van der Waals surface area contributed by atoms with Crippen molar-refractivity contribution < 1.29 is 57.7 Å². The zero-order valence-electron chi connectivity index (χ0n) is 24.8. The van der Waals surface area contributed by atoms with E-state index < -0.39 is 38.1 Å². The van der Waals surface area contributed by atoms with E-state index in [1.165, 1.54) is 0 Å². The molecule has 7 rings (SSSR count). The van der Waals surface area contributed by atoms with Crippen molar-refractivity contribution in [3.8, 4) is 23.0 Å². The predicted octanol–water partition coefficient (Wildman–Crippen LogP) is 3.08. The van der Waals surface area contributed by atoms with Gasteiger partial charge in [0.25, 0.3) is 0 Å². The van der Waals surface area contributed by atoms with Gasteiger partial charge in [-0.3, -0.25) is 9.97 Å². The van der Waals surface area contributed by atoms with Gasteiger partial charge in [0.1, 0.15) is 21.5 Å². The Bertz CT molecular complexity index is 2060. The number of nitrogens with zero attached hydrogens (tertiary/aromatic N) is 4. The topological polar surface area (TPSA) is 249 Å². The van der Waals surface area contributed by atoms with E-state index in [1.54, 1.807) is 12.4 Å². The molecule has 0 radical (unpaired) electrons. The van der Waals surface area contributed by atoms with Crippen molar-refractivity contribution in [1.82, 2.24) is 29.9 Å². The van der Waals surface area contributed by atoms with Gasteiger partial charge >= 0.3 is 25.4 Å². The Kier molecular flexibility index (Phi) is 12.5. The van der Waals surface area contributed by atoms with Gasteiger partial charge in [-0.15, -0.1) is 0 Å². The molecule has 0 unspecified atom stereocenters. The molecule has 5 N–H and O–H groups in total. The van der Waals surface area contributed by atoms with E-state index in [2.05, 4.69) is 29.9 Å². The van der Waals surface area contributed by atoms with Crippen LogP contribution >= 0.6 is 0 Å². The van der Waals surface area contributed by atoms with E-state index in [0.29, 0.717) is 18.2 Å². The number of pyridine rings is 2. The number of hydrogen-bond acceptors (Lipinski definition) is 10. The molecule has 4 heterocycles. The third-order valence-electron chi connectivity index (χ3n) is 6.27. The predicted molar refractivity (Wildman–Crippen MR) is 168 cm³/mol. The first-order valence-corrected chi connectivity index (χ1v) is 14.8. The summed E-state index contributed by atoms with van der Waals surface area (Å²) < 4.78 is 31.9. The number of fused-ring (bicyclic) bond motifs is 2. The van der Waals surface area contributed by atoms with Crippen molar-refractivity contribution in [2.24, 2.45) is 0 Å². The fourth-order valence-electron chi connectivity index (χ4n) is 4.14. The summed E-state index contributed by atoms with van der Waals surface area (Å²) in [6.45, 7) is 0. The maximum atomic E-state index is 10.6. The molecule has 14 nitrogen and oxygen atoms in total. The van der Waals surface area contributed by atoms with Crippen molar-refractivity contribution in [3.63, 3.8) is 0 Å². The molecule has 4 aromatic heterocycles. The first-order valence-electron chi connectivity index (χ1n) is 13.4. The molecule has 0 saturated heterocycles. The number of para-hydroxylation sites is 4. The van der Waals surface area contributed by atoms with Crippen LogP contribution in [0.1, 0.15) is 20.7 Å². The second-order valence-electron chi connectivity index (χ2n) is 9.43. The zero-order chi connectivity index (χ0) is 32.7. The third kappa shape index (κ3) is 9.21. The largest absolute Gasteiger partial charge is 2.00 e. The van der Waals surface area contributed by atoms with E-state index in [4.69, 9.17) is 5.11 Å². The molecule has 16 heteroatoms. The second-order valence-corrected chi connectivity index (χ2v) is 10.8. The molecule has 0 aliphatic heterocycles. The molecule has 7 aromatic rings. The number of aromatic nitrogens is 6. The van der Waals surface area contributed by atoms with Crippen molar-refractivity contribution >= 4 is 44.1 Å². The normalized spacial score (nSPS) is 10.4. The fourth-order valence-corrected chi connectivity index (χ4v) is 4.68. The molecule has 238 valence electrons. The number of carbonyl (C=O) groups excluding carboxylic acids is 1. The Hall–Kier alpha value is -5.67. The van der Waals surface area contributed by atoms with E-state index in [1.807, 2.05) is 84.9 Å². The van der Waals surface area contributed by atoms with Crippen LogP contribution in [0.5, 0.6) is 0 Å². The van der Waals surface area contributed by atoms with E-state index in [-0.39, 0.29) is 25.0 Å². The number of H-pyrrole nitrogens is 2. The summed E-state index contributed by atoms with van der Waals surface area (Å²) in [6, 6.07) is 29.3. The number of benzene rings is 3. The number of imidazole rings is 2. The molecular weight excluding hydrogens is 694 g/mol. The summed E-state index contributed by atoms with van der Waals surface area (Å²) in [5.41, 5.74) is 4.46. The molecule has 0 amide bonds. The molecule has 0 bridgehead atoms. The Morgan fingerprint density at radius 1 is 0.667 bits per heavy atom. The van der Waals surface area contributed by atoms with Crippen molar-refractivity contribution in [3.05, 3.63) is 127 Å². The molecule has 48 heavy (non-hydrogen) atoms. The minimum absolute atomic E-state index is 0. The van der Waals surface area contributed by atoms with Crippen LogP contribution in [0.4, 0.5) is 0 Å². The Morgan fingerprint density at radius 3 is 1.48 bits per heavy atom. The minimum Gasteiger partial charge on any atom is -0.744 e. The van der Waals surface area contributed by atoms with Gasteiger partial charge < -0.3 is 35.0 Å². The van der Waals surface area contributed by atoms with Gasteiger partial charge in [-0.1, -0.05) is 36.4 Å². The minimum atomic E-state index is -4.92. The van der Waals surface area contributed by atoms with Crippen LogP contribution in [0.2, 0.25) is 0 Å². The SMILES string of the molecule is O.O=C([O-])c1cc(C(=O)O)cc(S(=O)(=O)[O-])c1.[Zn+2].c1ccc(-c2nc3ccccc3[nH]2)nc1.c1ccc(-c2nc3ccccc3[nH]2)nc1. The first kappa shape index (κ1) is 36.8. The molecule has 0 aliphatic rings. The average molecular weight is 718 g/mol. The van der Waals surface area contributed by atoms with Crippen LogP contribution in [0, 0.1) is 0 Å². The summed E-state index contributed by atoms with van der Waals surface area (Å²) in [5.74, 6) is -1.69. The molecule has 0 atom stereocenters.